The van der Waals surface area contributed by atoms with E-state index in [9.17, 15) is 24.8 Å². The van der Waals surface area contributed by atoms with Crippen LogP contribution in [-0.2, 0) is 22.6 Å². The molecule has 0 heterocycles. The fourth-order valence-electron chi connectivity index (χ4n) is 2.04. The van der Waals surface area contributed by atoms with Crippen LogP contribution in [0.15, 0.2) is 42.5 Å². The molecule has 0 N–H and O–H groups in total. The number of nitrogens with zero attached hydrogens (tertiary/aromatic N) is 1. The number of benzene rings is 2. The van der Waals surface area contributed by atoms with Gasteiger partial charge in [-0.15, -0.1) is 0 Å². The third kappa shape index (κ3) is 4.08. The minimum atomic E-state index is -1.93. The van der Waals surface area contributed by atoms with Crippen LogP contribution in [0.5, 0.6) is 5.75 Å². The van der Waals surface area contributed by atoms with Gasteiger partial charge in [0.25, 0.3) is 0 Å². The zero-order valence-corrected chi connectivity index (χ0v) is 13.0. The Kier molecular flexibility index (Phi) is 5.49. The number of ether oxygens (including phenoxy) is 1. The molecule has 124 valence electrons. The number of carbonyl (C=O) groups is 2. The lowest BCUT2D eigenvalue weighted by Gasteiger charge is -2.11. The van der Waals surface area contributed by atoms with Crippen LogP contribution in [0.1, 0.15) is 11.1 Å². The first-order valence-electron chi connectivity index (χ1n) is 6.76. The molecule has 2 aromatic carbocycles. The number of carboxylic acid groups (broad SMARTS) is 1. The quantitative estimate of drug-likeness (QED) is 0.428. The Hall–Kier alpha value is -2.93. The summed E-state index contributed by atoms with van der Waals surface area (Å²) >= 11 is 5.89. The summed E-state index contributed by atoms with van der Waals surface area (Å²) < 4.78 is 5.45. The largest absolute Gasteiger partial charge is 0.542 e. The van der Waals surface area contributed by atoms with E-state index in [-0.39, 0.29) is 22.9 Å². The number of nitro benzene ring substituents is 1. The summed E-state index contributed by atoms with van der Waals surface area (Å²) in [4.78, 5) is 32.5. The molecule has 0 aliphatic heterocycles. The molecule has 0 aliphatic rings. The van der Waals surface area contributed by atoms with Crippen molar-refractivity contribution in [1.29, 1.82) is 0 Å². The average molecular weight is 349 g/mol. The highest BCUT2D eigenvalue weighted by Crippen LogP contribution is 2.36. The lowest BCUT2D eigenvalue weighted by atomic mass is 10.1. The van der Waals surface area contributed by atoms with E-state index in [4.69, 9.17) is 16.3 Å². The summed E-state index contributed by atoms with van der Waals surface area (Å²) in [7, 11) is 0. The number of nitro groups is 1. The van der Waals surface area contributed by atoms with Gasteiger partial charge in [-0.1, -0.05) is 41.9 Å². The number of carbonyl (C=O) groups excluding carboxylic acids is 2. The van der Waals surface area contributed by atoms with Gasteiger partial charge in [0.1, 0.15) is 12.6 Å². The van der Waals surface area contributed by atoms with Gasteiger partial charge in [-0.3, -0.25) is 14.9 Å². The highest BCUT2D eigenvalue weighted by atomic mass is 35.5. The lowest BCUT2D eigenvalue weighted by Crippen LogP contribution is -2.32. The van der Waals surface area contributed by atoms with Crippen LogP contribution in [0.3, 0.4) is 0 Å². The molecule has 0 saturated heterocycles. The van der Waals surface area contributed by atoms with Gasteiger partial charge in [-0.25, -0.2) is 0 Å². The Morgan fingerprint density at radius 1 is 1.12 bits per heavy atom. The maximum atomic E-state index is 11.4. The van der Waals surface area contributed by atoms with Crippen LogP contribution < -0.4 is 9.84 Å². The monoisotopic (exact) mass is 348 g/mol. The number of halogens is 1. The minimum Gasteiger partial charge on any atom is -0.542 e. The fourth-order valence-corrected chi connectivity index (χ4v) is 2.26. The standard InChI is InChI=1S/C16H12ClNO6/c17-12-6-7-14(24-9-10-4-2-1-3-5-10)15(18(22)23)11(12)8-13(19)16(20)21/h1-7H,8-9H2,(H,20,21)/p-1. The minimum absolute atomic E-state index is 0.0667. The predicted octanol–water partition coefficient (Wildman–Crippen LogP) is 1.69. The van der Waals surface area contributed by atoms with E-state index in [1.54, 1.807) is 24.3 Å². The smallest absolute Gasteiger partial charge is 0.316 e. The van der Waals surface area contributed by atoms with Gasteiger partial charge in [0.05, 0.1) is 15.5 Å². The molecule has 0 saturated carbocycles. The van der Waals surface area contributed by atoms with Gasteiger partial charge < -0.3 is 14.6 Å². The molecule has 0 amide bonds. The Labute approximate surface area is 141 Å². The third-order valence-corrected chi connectivity index (χ3v) is 3.53. The second-order valence-corrected chi connectivity index (χ2v) is 5.20. The molecule has 0 aromatic heterocycles. The zero-order chi connectivity index (χ0) is 17.7. The maximum absolute atomic E-state index is 11.4. The van der Waals surface area contributed by atoms with Gasteiger partial charge in [0.2, 0.25) is 0 Å². The van der Waals surface area contributed by atoms with E-state index in [0.717, 1.165) is 5.56 Å². The van der Waals surface area contributed by atoms with Crippen molar-refractivity contribution < 1.29 is 24.4 Å². The number of rotatable bonds is 7. The Morgan fingerprint density at radius 2 is 1.79 bits per heavy atom. The van der Waals surface area contributed by atoms with Gasteiger partial charge in [-0.2, -0.15) is 0 Å². The van der Waals surface area contributed by atoms with E-state index < -0.39 is 28.8 Å². The summed E-state index contributed by atoms with van der Waals surface area (Å²) in [5.74, 6) is -3.34. The molecule has 0 fully saturated rings. The molecule has 24 heavy (non-hydrogen) atoms. The average Bonchev–Trinajstić information content (AvgIpc) is 2.55. The number of hydrogen-bond acceptors (Lipinski definition) is 6. The number of hydrogen-bond donors (Lipinski definition) is 0. The molecule has 0 radical (unpaired) electrons. The van der Waals surface area contributed by atoms with E-state index in [1.807, 2.05) is 6.07 Å². The van der Waals surface area contributed by atoms with Crippen molar-refractivity contribution in [2.24, 2.45) is 0 Å². The highest BCUT2D eigenvalue weighted by molar-refractivity contribution is 6.35. The SMILES string of the molecule is O=C([O-])C(=O)Cc1c(Cl)ccc(OCc2ccccc2)c1[N+](=O)[O-]. The Bertz CT molecular complexity index is 791. The highest BCUT2D eigenvalue weighted by Gasteiger charge is 2.26. The predicted molar refractivity (Wildman–Crippen MR) is 82.6 cm³/mol. The van der Waals surface area contributed by atoms with E-state index >= 15 is 0 Å². The molecule has 0 unspecified atom stereocenters. The molecule has 2 rings (SSSR count). The maximum Gasteiger partial charge on any atom is 0.316 e. The second-order valence-electron chi connectivity index (χ2n) is 4.79. The Morgan fingerprint density at radius 3 is 2.38 bits per heavy atom. The summed E-state index contributed by atoms with van der Waals surface area (Å²) in [6.07, 6.45) is -0.750. The van der Waals surface area contributed by atoms with Crippen LogP contribution in [0.4, 0.5) is 5.69 Å². The lowest BCUT2D eigenvalue weighted by molar-refractivity contribution is -0.386. The second kappa shape index (κ2) is 7.56. The van der Waals surface area contributed by atoms with E-state index in [2.05, 4.69) is 0 Å². The van der Waals surface area contributed by atoms with Crippen LogP contribution in [0.2, 0.25) is 5.02 Å². The molecular weight excluding hydrogens is 338 g/mol. The number of aliphatic carboxylic acids is 1. The Balaban J connectivity index is 2.35. The first-order valence-corrected chi connectivity index (χ1v) is 7.14. The van der Waals surface area contributed by atoms with Crippen LogP contribution in [-0.4, -0.2) is 16.7 Å². The van der Waals surface area contributed by atoms with Crippen molar-refractivity contribution in [3.8, 4) is 5.75 Å². The zero-order valence-electron chi connectivity index (χ0n) is 12.2. The molecule has 0 spiro atoms. The van der Waals surface area contributed by atoms with Crippen molar-refractivity contribution in [3.05, 3.63) is 68.7 Å². The van der Waals surface area contributed by atoms with Crippen molar-refractivity contribution in [2.45, 2.75) is 13.0 Å². The van der Waals surface area contributed by atoms with Crippen LogP contribution in [0.25, 0.3) is 0 Å². The molecular formula is C16H11ClNO6-. The van der Waals surface area contributed by atoms with Gasteiger partial charge in [0.15, 0.2) is 11.5 Å². The normalized spacial score (nSPS) is 10.2. The molecule has 0 aliphatic carbocycles. The first-order chi connectivity index (χ1) is 11.4. The van der Waals surface area contributed by atoms with Gasteiger partial charge in [0, 0.05) is 6.42 Å². The molecule has 8 heteroatoms. The number of carboxylic acids is 1. The van der Waals surface area contributed by atoms with Crippen molar-refractivity contribution >= 4 is 29.0 Å². The first kappa shape index (κ1) is 17.4. The fraction of sp³-hybridized carbons (Fsp3) is 0.125. The van der Waals surface area contributed by atoms with Gasteiger partial charge in [-0.05, 0) is 17.7 Å². The van der Waals surface area contributed by atoms with Gasteiger partial charge >= 0.3 is 5.69 Å². The molecule has 0 atom stereocenters. The molecule has 7 nitrogen and oxygen atoms in total. The summed E-state index contributed by atoms with van der Waals surface area (Å²) in [5, 5.41) is 21.8. The summed E-state index contributed by atoms with van der Waals surface area (Å²) in [6, 6.07) is 11.6. The van der Waals surface area contributed by atoms with E-state index in [0.29, 0.717) is 0 Å². The number of ketones is 1. The summed E-state index contributed by atoms with van der Waals surface area (Å²) in [5.41, 5.74) is 0.0311. The van der Waals surface area contributed by atoms with Crippen LogP contribution >= 0.6 is 11.6 Å². The van der Waals surface area contributed by atoms with Crippen molar-refractivity contribution in [2.75, 3.05) is 0 Å². The van der Waals surface area contributed by atoms with Crippen LogP contribution in [0, 0.1) is 10.1 Å². The molecule has 0 bridgehead atoms. The summed E-state index contributed by atoms with van der Waals surface area (Å²) in [6.45, 7) is 0.0667. The van der Waals surface area contributed by atoms with Crippen molar-refractivity contribution in [1.82, 2.24) is 0 Å². The van der Waals surface area contributed by atoms with E-state index in [1.165, 1.54) is 12.1 Å². The third-order valence-electron chi connectivity index (χ3n) is 3.17. The topological polar surface area (TPSA) is 110 Å². The molecule has 2 aromatic rings. The van der Waals surface area contributed by atoms with Crippen molar-refractivity contribution in [3.63, 3.8) is 0 Å². The number of Topliss-reactive ketones (excluding diaryl/α,β-unsaturated/α-hetero) is 1.